The molecule has 0 aliphatic carbocycles. The van der Waals surface area contributed by atoms with E-state index in [9.17, 15) is 0 Å². The Hall–Kier alpha value is -0.580. The topological polar surface area (TPSA) is 38.9 Å². The fraction of sp³-hybridized carbons (Fsp3) is 0. The lowest BCUT2D eigenvalue weighted by Gasteiger charge is -1.85. The van der Waals surface area contributed by atoms with Gasteiger partial charge in [-0.25, -0.2) is 4.98 Å². The highest BCUT2D eigenvalue weighted by atomic mass is 35.5. The molecule has 2 N–H and O–H groups in total. The zero-order valence-corrected chi connectivity index (χ0v) is 8.34. The second kappa shape index (κ2) is 3.05. The molecular weight excluding hydrogens is 212 g/mol. The van der Waals surface area contributed by atoms with E-state index >= 15 is 0 Å². The van der Waals surface area contributed by atoms with E-state index in [1.54, 1.807) is 0 Å². The van der Waals surface area contributed by atoms with Crippen LogP contribution in [-0.4, -0.2) is 4.98 Å². The third-order valence-corrected chi connectivity index (χ3v) is 3.15. The fourth-order valence-electron chi connectivity index (χ4n) is 0.865. The number of aromatic nitrogens is 1. The lowest BCUT2D eigenvalue weighted by atomic mass is 10.3. The summed E-state index contributed by atoms with van der Waals surface area (Å²) in [4.78, 5) is 4.14. The number of halogens is 1. The van der Waals surface area contributed by atoms with Crippen LogP contribution in [0.25, 0.3) is 11.3 Å². The van der Waals surface area contributed by atoms with E-state index in [0.29, 0.717) is 5.13 Å². The average Bonchev–Trinajstić information content (AvgIpc) is 2.58. The number of anilines is 1. The Morgan fingerprint density at radius 1 is 1.33 bits per heavy atom. The maximum Gasteiger partial charge on any atom is 0.180 e. The van der Waals surface area contributed by atoms with Gasteiger partial charge in [-0.15, -0.1) is 22.7 Å². The van der Waals surface area contributed by atoms with Crippen molar-refractivity contribution in [1.29, 1.82) is 0 Å². The number of nitrogens with zero attached hydrogens (tertiary/aromatic N) is 1. The van der Waals surface area contributed by atoms with Gasteiger partial charge < -0.3 is 5.73 Å². The van der Waals surface area contributed by atoms with Gasteiger partial charge in [0.05, 0.1) is 10.0 Å². The lowest BCUT2D eigenvalue weighted by molar-refractivity contribution is 1.42. The number of thiazole rings is 1. The second-order valence-electron chi connectivity index (χ2n) is 2.21. The molecule has 0 spiro atoms. The predicted molar refractivity (Wildman–Crippen MR) is 54.8 cm³/mol. The van der Waals surface area contributed by atoms with Gasteiger partial charge in [0.2, 0.25) is 0 Å². The number of nitrogens with two attached hydrogens (primary N) is 1. The molecule has 0 radical (unpaired) electrons. The first-order valence-electron chi connectivity index (χ1n) is 3.21. The van der Waals surface area contributed by atoms with Gasteiger partial charge in [-0.1, -0.05) is 11.6 Å². The quantitative estimate of drug-likeness (QED) is 0.796. The van der Waals surface area contributed by atoms with Crippen molar-refractivity contribution < 1.29 is 0 Å². The Kier molecular flexibility index (Phi) is 2.04. The Labute approximate surface area is 82.6 Å². The summed E-state index contributed by atoms with van der Waals surface area (Å²) in [5, 5.41) is 4.48. The third kappa shape index (κ3) is 1.46. The van der Waals surface area contributed by atoms with Crippen LogP contribution in [0.5, 0.6) is 0 Å². The molecule has 2 aromatic rings. The van der Waals surface area contributed by atoms with E-state index in [4.69, 9.17) is 17.3 Å². The molecule has 0 saturated heterocycles. The van der Waals surface area contributed by atoms with Crippen LogP contribution in [0.4, 0.5) is 5.13 Å². The first kappa shape index (κ1) is 8.04. The standard InChI is InChI=1S/C7H5ClN2S2/c8-6-1-4(2-11-6)5-3-12-7(9)10-5/h1-3H,(H2,9,10). The highest BCUT2D eigenvalue weighted by molar-refractivity contribution is 7.15. The van der Waals surface area contributed by atoms with E-state index in [2.05, 4.69) is 4.98 Å². The SMILES string of the molecule is Nc1nc(-c2csc(Cl)c2)cs1. The molecule has 2 rings (SSSR count). The second-order valence-corrected chi connectivity index (χ2v) is 4.64. The Morgan fingerprint density at radius 3 is 2.67 bits per heavy atom. The Bertz CT molecular complexity index is 355. The maximum atomic E-state index is 5.78. The number of rotatable bonds is 1. The van der Waals surface area contributed by atoms with Gasteiger partial charge in [0.1, 0.15) is 0 Å². The molecule has 5 heteroatoms. The largest absolute Gasteiger partial charge is 0.375 e. The van der Waals surface area contributed by atoms with Crippen molar-refractivity contribution in [2.75, 3.05) is 5.73 Å². The molecule has 0 bridgehead atoms. The summed E-state index contributed by atoms with van der Waals surface area (Å²) in [6.45, 7) is 0. The Morgan fingerprint density at radius 2 is 2.17 bits per heavy atom. The summed E-state index contributed by atoms with van der Waals surface area (Å²) in [6.07, 6.45) is 0. The zero-order chi connectivity index (χ0) is 8.55. The van der Waals surface area contributed by atoms with Crippen molar-refractivity contribution in [1.82, 2.24) is 4.98 Å². The van der Waals surface area contributed by atoms with Crippen LogP contribution in [0.3, 0.4) is 0 Å². The van der Waals surface area contributed by atoms with Crippen LogP contribution in [0.2, 0.25) is 4.34 Å². The van der Waals surface area contributed by atoms with Crippen molar-refractivity contribution in [3.63, 3.8) is 0 Å². The number of nitrogen functional groups attached to an aromatic ring is 1. The highest BCUT2D eigenvalue weighted by Crippen LogP contribution is 2.29. The summed E-state index contributed by atoms with van der Waals surface area (Å²) in [5.74, 6) is 0. The maximum absolute atomic E-state index is 5.78. The number of hydrogen-bond acceptors (Lipinski definition) is 4. The molecule has 2 nitrogen and oxygen atoms in total. The molecule has 0 aliphatic rings. The van der Waals surface area contributed by atoms with Crippen molar-refractivity contribution >= 4 is 39.4 Å². The van der Waals surface area contributed by atoms with Crippen LogP contribution in [-0.2, 0) is 0 Å². The minimum atomic E-state index is 0.590. The monoisotopic (exact) mass is 216 g/mol. The van der Waals surface area contributed by atoms with Gasteiger partial charge in [0, 0.05) is 16.3 Å². The molecule has 2 heterocycles. The molecular formula is C7H5ClN2S2. The van der Waals surface area contributed by atoms with Gasteiger partial charge >= 0.3 is 0 Å². The molecule has 62 valence electrons. The van der Waals surface area contributed by atoms with Gasteiger partial charge in [-0.3, -0.25) is 0 Å². The molecule has 12 heavy (non-hydrogen) atoms. The molecule has 0 aliphatic heterocycles. The summed E-state index contributed by atoms with van der Waals surface area (Å²) in [7, 11) is 0. The summed E-state index contributed by atoms with van der Waals surface area (Å²) < 4.78 is 0.775. The molecule has 0 unspecified atom stereocenters. The van der Waals surface area contributed by atoms with Crippen LogP contribution < -0.4 is 5.73 Å². The third-order valence-electron chi connectivity index (χ3n) is 1.39. The van der Waals surface area contributed by atoms with E-state index in [1.165, 1.54) is 22.7 Å². The van der Waals surface area contributed by atoms with E-state index in [1.807, 2.05) is 16.8 Å². The van der Waals surface area contributed by atoms with Crippen LogP contribution >= 0.6 is 34.3 Å². The molecule has 0 atom stereocenters. The molecule has 0 amide bonds. The predicted octanol–water partition coefficient (Wildman–Crippen LogP) is 3.11. The van der Waals surface area contributed by atoms with Crippen LogP contribution in [0.15, 0.2) is 16.8 Å². The van der Waals surface area contributed by atoms with Crippen molar-refractivity contribution in [3.05, 3.63) is 21.2 Å². The average molecular weight is 217 g/mol. The Balaban J connectivity index is 2.43. The molecule has 0 aromatic carbocycles. The van der Waals surface area contributed by atoms with E-state index < -0.39 is 0 Å². The number of thiophene rings is 1. The van der Waals surface area contributed by atoms with Crippen LogP contribution in [0, 0.1) is 0 Å². The molecule has 2 aromatic heterocycles. The van der Waals surface area contributed by atoms with Gasteiger partial charge in [-0.05, 0) is 6.07 Å². The first-order chi connectivity index (χ1) is 5.75. The first-order valence-corrected chi connectivity index (χ1v) is 5.35. The smallest absolute Gasteiger partial charge is 0.180 e. The van der Waals surface area contributed by atoms with Crippen molar-refractivity contribution in [2.45, 2.75) is 0 Å². The minimum absolute atomic E-state index is 0.590. The summed E-state index contributed by atoms with van der Waals surface area (Å²) >= 11 is 8.71. The number of hydrogen-bond donors (Lipinski definition) is 1. The molecule has 0 saturated carbocycles. The fourth-order valence-corrected chi connectivity index (χ4v) is 2.31. The lowest BCUT2D eigenvalue weighted by Crippen LogP contribution is -1.81. The minimum Gasteiger partial charge on any atom is -0.375 e. The highest BCUT2D eigenvalue weighted by Gasteiger charge is 2.03. The summed E-state index contributed by atoms with van der Waals surface area (Å²) in [6, 6.07) is 1.89. The van der Waals surface area contributed by atoms with E-state index in [-0.39, 0.29) is 0 Å². The van der Waals surface area contributed by atoms with Crippen molar-refractivity contribution in [2.24, 2.45) is 0 Å². The van der Waals surface area contributed by atoms with Crippen LogP contribution in [0.1, 0.15) is 0 Å². The molecule has 0 fully saturated rings. The zero-order valence-electron chi connectivity index (χ0n) is 5.95. The van der Waals surface area contributed by atoms with Crippen molar-refractivity contribution in [3.8, 4) is 11.3 Å². The van der Waals surface area contributed by atoms with Gasteiger partial charge in [0.25, 0.3) is 0 Å². The van der Waals surface area contributed by atoms with Gasteiger partial charge in [0.15, 0.2) is 5.13 Å². The normalized spacial score (nSPS) is 10.4. The van der Waals surface area contributed by atoms with E-state index in [0.717, 1.165) is 15.6 Å². The van der Waals surface area contributed by atoms with Gasteiger partial charge in [-0.2, -0.15) is 0 Å². The summed E-state index contributed by atoms with van der Waals surface area (Å²) in [5.41, 5.74) is 7.44.